The number of nitrogens with zero attached hydrogens (tertiary/aromatic N) is 3. The normalized spacial score (nSPS) is 13.7. The first kappa shape index (κ1) is 25.2. The lowest BCUT2D eigenvalue weighted by molar-refractivity contribution is 0.122. The predicted octanol–water partition coefficient (Wildman–Crippen LogP) is 5.65. The van der Waals surface area contributed by atoms with Crippen molar-refractivity contribution in [2.75, 3.05) is 36.9 Å². The number of ether oxygens (including phenoxy) is 1. The molecule has 0 bridgehead atoms. The molecule has 1 aromatic carbocycles. The maximum atomic E-state index is 5.81. The van der Waals surface area contributed by atoms with Gasteiger partial charge in [0.25, 0.3) is 0 Å². The minimum atomic E-state index is 0.200. The highest BCUT2D eigenvalue weighted by Crippen LogP contribution is 2.29. The summed E-state index contributed by atoms with van der Waals surface area (Å²) in [4.78, 5) is 11.9. The minimum Gasteiger partial charge on any atom is -0.399 e. The van der Waals surface area contributed by atoms with Crippen LogP contribution in [0.2, 0.25) is 0 Å². The molecule has 0 aliphatic carbocycles. The molecule has 1 aliphatic rings. The number of nitrogens with two attached hydrogens (primary N) is 1. The van der Waals surface area contributed by atoms with Crippen molar-refractivity contribution in [3.63, 3.8) is 0 Å². The smallest absolute Gasteiger partial charge is 0.161 e. The lowest BCUT2D eigenvalue weighted by Crippen LogP contribution is -2.37. The van der Waals surface area contributed by atoms with E-state index in [1.54, 1.807) is 0 Å². The standard InChI is InChI=1S/C19H26N4OS.2C2H6/c1-19(2,3)25-13-16-12-17(23-8-10-24-11-9-23)22-18(21-16)14-4-6-15(20)7-5-14;2*1-2/h4-7,12H,8-11,13,20H2,1-3H3;2*1-2H3. The first-order chi connectivity index (χ1) is 13.9. The van der Waals surface area contributed by atoms with Gasteiger partial charge in [0.1, 0.15) is 5.82 Å². The number of aromatic nitrogens is 2. The van der Waals surface area contributed by atoms with E-state index in [9.17, 15) is 0 Å². The van der Waals surface area contributed by atoms with E-state index < -0.39 is 0 Å². The molecule has 2 aromatic rings. The SMILES string of the molecule is CC.CC.CC(C)(C)SCc1cc(N2CCOCC2)nc(-c2ccc(N)cc2)n1. The van der Waals surface area contributed by atoms with Gasteiger partial charge in [0, 0.05) is 40.9 Å². The lowest BCUT2D eigenvalue weighted by Gasteiger charge is -2.28. The van der Waals surface area contributed by atoms with E-state index in [-0.39, 0.29) is 4.75 Å². The number of benzene rings is 1. The largest absolute Gasteiger partial charge is 0.399 e. The van der Waals surface area contributed by atoms with E-state index in [0.717, 1.165) is 60.6 Å². The zero-order valence-corrected chi connectivity index (χ0v) is 20.0. The number of morpholine rings is 1. The van der Waals surface area contributed by atoms with Crippen LogP contribution in [0.25, 0.3) is 11.4 Å². The molecule has 5 nitrogen and oxygen atoms in total. The van der Waals surface area contributed by atoms with Crippen LogP contribution < -0.4 is 10.6 Å². The molecule has 1 aromatic heterocycles. The van der Waals surface area contributed by atoms with Crippen LogP contribution in [0, 0.1) is 0 Å². The Morgan fingerprint density at radius 2 is 1.59 bits per heavy atom. The summed E-state index contributed by atoms with van der Waals surface area (Å²) >= 11 is 1.89. The highest BCUT2D eigenvalue weighted by atomic mass is 32.2. The number of anilines is 2. The van der Waals surface area contributed by atoms with Gasteiger partial charge in [0.05, 0.1) is 18.9 Å². The second-order valence-corrected chi connectivity index (χ2v) is 8.97. The van der Waals surface area contributed by atoms with Crippen molar-refractivity contribution in [3.05, 3.63) is 36.0 Å². The third kappa shape index (κ3) is 8.62. The molecule has 0 atom stereocenters. The Morgan fingerprint density at radius 1 is 1.00 bits per heavy atom. The molecule has 3 rings (SSSR count). The van der Waals surface area contributed by atoms with Crippen molar-refractivity contribution in [1.29, 1.82) is 0 Å². The molecule has 1 saturated heterocycles. The van der Waals surface area contributed by atoms with Gasteiger partial charge in [0.15, 0.2) is 5.82 Å². The van der Waals surface area contributed by atoms with Crippen LogP contribution in [-0.2, 0) is 10.5 Å². The molecule has 6 heteroatoms. The zero-order chi connectivity index (χ0) is 21.9. The Hall–Kier alpha value is -1.79. The van der Waals surface area contributed by atoms with E-state index in [2.05, 4.69) is 31.7 Å². The lowest BCUT2D eigenvalue weighted by atomic mass is 10.2. The maximum absolute atomic E-state index is 5.81. The van der Waals surface area contributed by atoms with Crippen molar-refractivity contribution in [1.82, 2.24) is 9.97 Å². The fraction of sp³-hybridized carbons (Fsp3) is 0.565. The van der Waals surface area contributed by atoms with Gasteiger partial charge >= 0.3 is 0 Å². The van der Waals surface area contributed by atoms with Crippen molar-refractivity contribution >= 4 is 23.3 Å². The monoisotopic (exact) mass is 418 g/mol. The summed E-state index contributed by atoms with van der Waals surface area (Å²) in [5.74, 6) is 2.61. The van der Waals surface area contributed by atoms with Gasteiger partial charge in [-0.1, -0.05) is 48.5 Å². The first-order valence-electron chi connectivity index (χ1n) is 10.6. The summed E-state index contributed by atoms with van der Waals surface area (Å²) in [6, 6.07) is 9.86. The van der Waals surface area contributed by atoms with Gasteiger partial charge in [-0.3, -0.25) is 0 Å². The molecule has 0 unspecified atom stereocenters. The molecule has 0 amide bonds. The van der Waals surface area contributed by atoms with Crippen molar-refractivity contribution in [2.24, 2.45) is 0 Å². The van der Waals surface area contributed by atoms with Gasteiger partial charge in [-0.05, 0) is 24.3 Å². The molecular formula is C23H38N4OS. The van der Waals surface area contributed by atoms with Crippen LogP contribution in [0.4, 0.5) is 11.5 Å². The highest BCUT2D eigenvalue weighted by molar-refractivity contribution is 7.99. The summed E-state index contributed by atoms with van der Waals surface area (Å²) in [6.07, 6.45) is 0. The average molecular weight is 419 g/mol. The predicted molar refractivity (Wildman–Crippen MR) is 129 cm³/mol. The molecule has 0 spiro atoms. The third-order valence-corrected chi connectivity index (χ3v) is 5.23. The Kier molecular flexibility index (Phi) is 11.1. The summed E-state index contributed by atoms with van der Waals surface area (Å²) in [7, 11) is 0. The zero-order valence-electron chi connectivity index (χ0n) is 19.2. The van der Waals surface area contributed by atoms with E-state index in [0.29, 0.717) is 0 Å². The molecule has 1 aliphatic heterocycles. The van der Waals surface area contributed by atoms with Gasteiger partial charge < -0.3 is 15.4 Å². The van der Waals surface area contributed by atoms with Gasteiger partial charge in [0.2, 0.25) is 0 Å². The molecule has 29 heavy (non-hydrogen) atoms. The number of hydrogen-bond acceptors (Lipinski definition) is 6. The van der Waals surface area contributed by atoms with E-state index >= 15 is 0 Å². The maximum Gasteiger partial charge on any atom is 0.161 e. The van der Waals surface area contributed by atoms with Crippen LogP contribution in [0.1, 0.15) is 54.2 Å². The Labute approximate surface area is 181 Å². The fourth-order valence-electron chi connectivity index (χ4n) is 2.56. The fourth-order valence-corrected chi connectivity index (χ4v) is 3.29. The molecular weight excluding hydrogens is 380 g/mol. The number of thioether (sulfide) groups is 1. The van der Waals surface area contributed by atoms with E-state index in [1.165, 1.54) is 0 Å². The van der Waals surface area contributed by atoms with Gasteiger partial charge in [-0.25, -0.2) is 9.97 Å². The average Bonchev–Trinajstić information content (AvgIpc) is 2.75. The summed E-state index contributed by atoms with van der Waals surface area (Å²) in [6.45, 7) is 17.9. The Morgan fingerprint density at radius 3 is 2.14 bits per heavy atom. The molecule has 1 fully saturated rings. The van der Waals surface area contributed by atoms with Crippen molar-refractivity contribution < 1.29 is 4.74 Å². The van der Waals surface area contributed by atoms with Gasteiger partial charge in [-0.15, -0.1) is 11.8 Å². The summed E-state index contributed by atoms with van der Waals surface area (Å²) in [5, 5.41) is 0. The Balaban J connectivity index is 0.000000989. The second-order valence-electron chi connectivity index (χ2n) is 7.16. The van der Waals surface area contributed by atoms with E-state index in [4.69, 9.17) is 20.4 Å². The first-order valence-corrected chi connectivity index (χ1v) is 11.6. The minimum absolute atomic E-state index is 0.200. The number of rotatable bonds is 4. The second kappa shape index (κ2) is 12.7. The quantitative estimate of drug-likeness (QED) is 0.648. The third-order valence-electron chi connectivity index (χ3n) is 3.92. The van der Waals surface area contributed by atoms with Crippen LogP contribution in [0.15, 0.2) is 30.3 Å². The Bertz CT molecular complexity index is 708. The highest BCUT2D eigenvalue weighted by Gasteiger charge is 2.17. The molecule has 2 heterocycles. The van der Waals surface area contributed by atoms with Crippen LogP contribution in [0.5, 0.6) is 0 Å². The van der Waals surface area contributed by atoms with Crippen LogP contribution in [-0.4, -0.2) is 41.0 Å². The molecule has 2 N–H and O–H groups in total. The van der Waals surface area contributed by atoms with Gasteiger partial charge in [-0.2, -0.15) is 0 Å². The molecule has 0 saturated carbocycles. The number of nitrogen functional groups attached to an aromatic ring is 1. The van der Waals surface area contributed by atoms with E-state index in [1.807, 2.05) is 63.7 Å². The van der Waals surface area contributed by atoms with Crippen LogP contribution >= 0.6 is 11.8 Å². The van der Waals surface area contributed by atoms with Crippen molar-refractivity contribution in [2.45, 2.75) is 59.0 Å². The number of hydrogen-bond donors (Lipinski definition) is 1. The van der Waals surface area contributed by atoms with Crippen molar-refractivity contribution in [3.8, 4) is 11.4 Å². The molecule has 162 valence electrons. The molecule has 0 radical (unpaired) electrons. The van der Waals surface area contributed by atoms with Crippen LogP contribution in [0.3, 0.4) is 0 Å². The summed E-state index contributed by atoms with van der Waals surface area (Å²) < 4.78 is 5.67. The summed E-state index contributed by atoms with van der Waals surface area (Å²) in [5.41, 5.74) is 8.61. The topological polar surface area (TPSA) is 64.3 Å².